The van der Waals surface area contributed by atoms with Gasteiger partial charge in [0.2, 0.25) is 11.6 Å². The number of hydrogen-bond donors (Lipinski definition) is 1. The van der Waals surface area contributed by atoms with E-state index in [-0.39, 0.29) is 11.5 Å². The average molecular weight is 341 g/mol. The van der Waals surface area contributed by atoms with E-state index in [4.69, 9.17) is 0 Å². The maximum atomic E-state index is 11.6. The Labute approximate surface area is 147 Å². The van der Waals surface area contributed by atoms with Crippen LogP contribution in [0.15, 0.2) is 30.6 Å². The molecular formula is C18H23N5O2. The molecule has 0 aliphatic carbocycles. The molecule has 0 atom stereocenters. The summed E-state index contributed by atoms with van der Waals surface area (Å²) in [5, 5.41) is 14.7. The van der Waals surface area contributed by atoms with Crippen molar-refractivity contribution in [3.8, 4) is 0 Å². The molecule has 1 fully saturated rings. The second-order valence-corrected chi connectivity index (χ2v) is 6.27. The molecule has 2 heterocycles. The Kier molecular flexibility index (Phi) is 5.42. The monoisotopic (exact) mass is 341 g/mol. The summed E-state index contributed by atoms with van der Waals surface area (Å²) in [7, 11) is 0. The van der Waals surface area contributed by atoms with Crippen LogP contribution >= 0.6 is 0 Å². The zero-order valence-corrected chi connectivity index (χ0v) is 14.4. The highest BCUT2D eigenvalue weighted by Gasteiger charge is 2.28. The molecule has 1 saturated heterocycles. The van der Waals surface area contributed by atoms with Crippen LogP contribution in [0, 0.1) is 10.1 Å². The van der Waals surface area contributed by atoms with Crippen molar-refractivity contribution in [3.05, 3.63) is 46.3 Å². The Morgan fingerprint density at radius 3 is 2.56 bits per heavy atom. The molecule has 0 unspecified atom stereocenters. The summed E-state index contributed by atoms with van der Waals surface area (Å²) in [6, 6.07) is 7.97. The van der Waals surface area contributed by atoms with Gasteiger partial charge in [-0.05, 0) is 43.4 Å². The minimum absolute atomic E-state index is 0.0561. The number of anilines is 3. The summed E-state index contributed by atoms with van der Waals surface area (Å²) in [5.74, 6) is 0.641. The molecule has 2 aromatic rings. The molecule has 0 radical (unpaired) electrons. The Morgan fingerprint density at radius 1 is 1.20 bits per heavy atom. The van der Waals surface area contributed by atoms with Crippen LogP contribution in [-0.2, 0) is 6.42 Å². The van der Waals surface area contributed by atoms with E-state index in [1.165, 1.54) is 11.9 Å². The lowest BCUT2D eigenvalue weighted by Gasteiger charge is -2.17. The van der Waals surface area contributed by atoms with Gasteiger partial charge < -0.3 is 10.2 Å². The van der Waals surface area contributed by atoms with Crippen LogP contribution in [0.1, 0.15) is 38.2 Å². The summed E-state index contributed by atoms with van der Waals surface area (Å²) in [6.45, 7) is 3.76. The van der Waals surface area contributed by atoms with Crippen LogP contribution < -0.4 is 10.2 Å². The Hall–Kier alpha value is -2.70. The van der Waals surface area contributed by atoms with E-state index in [2.05, 4.69) is 22.2 Å². The number of nitrogens with one attached hydrogen (secondary N) is 1. The zero-order chi connectivity index (χ0) is 17.6. The summed E-state index contributed by atoms with van der Waals surface area (Å²) in [5.41, 5.74) is 2.00. The van der Waals surface area contributed by atoms with Crippen LogP contribution in [0.4, 0.5) is 23.0 Å². The maximum absolute atomic E-state index is 11.6. The number of hydrogen-bond acceptors (Lipinski definition) is 6. The highest BCUT2D eigenvalue weighted by Crippen LogP contribution is 2.34. The first-order valence-electron chi connectivity index (χ1n) is 8.79. The highest BCUT2D eigenvalue weighted by atomic mass is 16.6. The van der Waals surface area contributed by atoms with E-state index in [0.29, 0.717) is 5.82 Å². The van der Waals surface area contributed by atoms with Gasteiger partial charge >= 0.3 is 5.69 Å². The second kappa shape index (κ2) is 7.92. The SMILES string of the molecule is CCCCc1ccc(Nc2ncnc(N3CCCC3)c2[N+](=O)[O-])cc1. The maximum Gasteiger partial charge on any atom is 0.353 e. The van der Waals surface area contributed by atoms with Crippen molar-refractivity contribution in [3.63, 3.8) is 0 Å². The first kappa shape index (κ1) is 17.1. The lowest BCUT2D eigenvalue weighted by Crippen LogP contribution is -2.21. The highest BCUT2D eigenvalue weighted by molar-refractivity contribution is 5.74. The second-order valence-electron chi connectivity index (χ2n) is 6.27. The molecule has 1 aromatic carbocycles. The Balaban J connectivity index is 1.84. The van der Waals surface area contributed by atoms with E-state index >= 15 is 0 Å². The van der Waals surface area contributed by atoms with Crippen LogP contribution in [-0.4, -0.2) is 28.0 Å². The van der Waals surface area contributed by atoms with Gasteiger partial charge in [0, 0.05) is 18.8 Å². The van der Waals surface area contributed by atoms with E-state index in [1.807, 2.05) is 29.2 Å². The lowest BCUT2D eigenvalue weighted by atomic mass is 10.1. The van der Waals surface area contributed by atoms with Crippen molar-refractivity contribution >= 4 is 23.0 Å². The molecule has 7 nitrogen and oxygen atoms in total. The molecule has 0 amide bonds. The van der Waals surface area contributed by atoms with Crippen molar-refractivity contribution in [1.29, 1.82) is 0 Å². The molecule has 1 aromatic heterocycles. The van der Waals surface area contributed by atoms with Gasteiger partial charge in [0.1, 0.15) is 6.33 Å². The van der Waals surface area contributed by atoms with Gasteiger partial charge in [-0.15, -0.1) is 0 Å². The van der Waals surface area contributed by atoms with Crippen molar-refractivity contribution in [1.82, 2.24) is 9.97 Å². The third-order valence-corrected chi connectivity index (χ3v) is 4.43. The predicted octanol–water partition coefficient (Wildman–Crippen LogP) is 4.07. The molecule has 3 rings (SSSR count). The average Bonchev–Trinajstić information content (AvgIpc) is 3.15. The first-order valence-corrected chi connectivity index (χ1v) is 8.79. The largest absolute Gasteiger partial charge is 0.353 e. The quantitative estimate of drug-likeness (QED) is 0.603. The number of aromatic nitrogens is 2. The van der Waals surface area contributed by atoms with Gasteiger partial charge in [-0.25, -0.2) is 9.97 Å². The van der Waals surface area contributed by atoms with E-state index < -0.39 is 4.92 Å². The number of rotatable bonds is 7. The molecule has 0 bridgehead atoms. The van der Waals surface area contributed by atoms with Crippen LogP contribution in [0.2, 0.25) is 0 Å². The van der Waals surface area contributed by atoms with Gasteiger partial charge in [0.05, 0.1) is 4.92 Å². The molecule has 0 spiro atoms. The van der Waals surface area contributed by atoms with Gasteiger partial charge in [0.25, 0.3) is 0 Å². The fourth-order valence-corrected chi connectivity index (χ4v) is 3.06. The number of unbranched alkanes of at least 4 members (excludes halogenated alkanes) is 1. The normalized spacial score (nSPS) is 13.9. The number of nitro groups is 1. The number of nitrogens with zero attached hydrogens (tertiary/aromatic N) is 4. The standard InChI is InChI=1S/C18H23N5O2/c1-2-3-6-14-7-9-15(10-8-14)21-17-16(23(24)25)18(20-13-19-17)22-11-4-5-12-22/h7-10,13H,2-6,11-12H2,1H3,(H,19,20,21). The van der Waals surface area contributed by atoms with Gasteiger partial charge in [-0.3, -0.25) is 10.1 Å². The zero-order valence-electron chi connectivity index (χ0n) is 14.4. The fraction of sp³-hybridized carbons (Fsp3) is 0.444. The molecule has 1 N–H and O–H groups in total. The third-order valence-electron chi connectivity index (χ3n) is 4.43. The molecule has 1 aliphatic rings. The molecular weight excluding hydrogens is 318 g/mol. The number of aryl methyl sites for hydroxylation is 1. The minimum atomic E-state index is -0.397. The van der Waals surface area contributed by atoms with Crippen molar-refractivity contribution in [2.24, 2.45) is 0 Å². The summed E-state index contributed by atoms with van der Waals surface area (Å²) >= 11 is 0. The Bertz CT molecular complexity index is 727. The molecule has 7 heteroatoms. The number of benzene rings is 1. The smallest absolute Gasteiger partial charge is 0.351 e. The van der Waals surface area contributed by atoms with Gasteiger partial charge in [-0.2, -0.15) is 0 Å². The molecule has 1 aliphatic heterocycles. The van der Waals surface area contributed by atoms with Crippen LogP contribution in [0.3, 0.4) is 0 Å². The Morgan fingerprint density at radius 2 is 1.92 bits per heavy atom. The molecule has 132 valence electrons. The topological polar surface area (TPSA) is 84.2 Å². The van der Waals surface area contributed by atoms with E-state index in [9.17, 15) is 10.1 Å². The fourth-order valence-electron chi connectivity index (χ4n) is 3.06. The molecule has 25 heavy (non-hydrogen) atoms. The van der Waals surface area contributed by atoms with Crippen molar-refractivity contribution in [2.45, 2.75) is 39.0 Å². The minimum Gasteiger partial charge on any atom is -0.351 e. The lowest BCUT2D eigenvalue weighted by molar-refractivity contribution is -0.383. The van der Waals surface area contributed by atoms with Crippen LogP contribution in [0.5, 0.6) is 0 Å². The third kappa shape index (κ3) is 4.04. The van der Waals surface area contributed by atoms with E-state index in [0.717, 1.165) is 50.9 Å². The van der Waals surface area contributed by atoms with E-state index in [1.54, 1.807) is 0 Å². The molecule has 0 saturated carbocycles. The van der Waals surface area contributed by atoms with Gasteiger partial charge in [0.15, 0.2) is 0 Å². The van der Waals surface area contributed by atoms with Gasteiger partial charge in [-0.1, -0.05) is 25.5 Å². The van der Waals surface area contributed by atoms with Crippen molar-refractivity contribution < 1.29 is 4.92 Å². The summed E-state index contributed by atoms with van der Waals surface area (Å²) in [4.78, 5) is 21.5. The predicted molar refractivity (Wildman–Crippen MR) is 98.5 cm³/mol. The van der Waals surface area contributed by atoms with Crippen LogP contribution in [0.25, 0.3) is 0 Å². The summed E-state index contributed by atoms with van der Waals surface area (Å²) in [6.07, 6.45) is 6.81. The summed E-state index contributed by atoms with van der Waals surface area (Å²) < 4.78 is 0. The van der Waals surface area contributed by atoms with Crippen molar-refractivity contribution in [2.75, 3.05) is 23.3 Å². The first-order chi connectivity index (χ1) is 12.2.